The van der Waals surface area contributed by atoms with E-state index >= 15 is 0 Å². The van der Waals surface area contributed by atoms with Crippen LogP contribution >= 0.6 is 0 Å². The summed E-state index contributed by atoms with van der Waals surface area (Å²) in [5.74, 6) is -0.921. The first-order chi connectivity index (χ1) is 14.8. The minimum absolute atomic E-state index is 0.137. The van der Waals surface area contributed by atoms with Crippen molar-refractivity contribution in [1.82, 2.24) is 10.2 Å². The monoisotopic (exact) mass is 430 g/mol. The number of piperidine rings is 1. The van der Waals surface area contributed by atoms with Gasteiger partial charge in [0, 0.05) is 24.1 Å². The van der Waals surface area contributed by atoms with Crippen molar-refractivity contribution in [3.8, 4) is 5.75 Å². The van der Waals surface area contributed by atoms with Crippen molar-refractivity contribution < 1.29 is 27.5 Å². The van der Waals surface area contributed by atoms with Crippen molar-refractivity contribution in [3.63, 3.8) is 0 Å². The van der Waals surface area contributed by atoms with Crippen LogP contribution in [-0.4, -0.2) is 36.4 Å². The number of ether oxygens (including phenoxy) is 1. The van der Waals surface area contributed by atoms with Crippen molar-refractivity contribution >= 4 is 11.8 Å². The van der Waals surface area contributed by atoms with Gasteiger partial charge < -0.3 is 15.0 Å². The number of amides is 2. The van der Waals surface area contributed by atoms with Gasteiger partial charge in [-0.25, -0.2) is 0 Å². The topological polar surface area (TPSA) is 58.6 Å². The molecular formula is C23H21F3N2O3. The van der Waals surface area contributed by atoms with E-state index in [-0.39, 0.29) is 18.4 Å². The Labute approximate surface area is 177 Å². The second kappa shape index (κ2) is 7.00. The number of carbonyl (C=O) groups is 2. The maximum Gasteiger partial charge on any atom is 0.416 e. The van der Waals surface area contributed by atoms with Crippen LogP contribution in [0.2, 0.25) is 0 Å². The van der Waals surface area contributed by atoms with Crippen LogP contribution in [0.25, 0.3) is 0 Å². The molecule has 2 aromatic rings. The molecule has 2 aromatic carbocycles. The Morgan fingerprint density at radius 1 is 1.10 bits per heavy atom. The van der Waals surface area contributed by atoms with E-state index in [0.717, 1.165) is 23.3 Å². The minimum atomic E-state index is -4.42. The SMILES string of the molecule is O=C(NC1Cc2ccccc21)C(=O)N1CCC2(CC1)COc1cc(C(F)(F)F)ccc12. The van der Waals surface area contributed by atoms with Crippen LogP contribution in [0.5, 0.6) is 5.75 Å². The van der Waals surface area contributed by atoms with Gasteiger partial charge in [0.05, 0.1) is 18.2 Å². The van der Waals surface area contributed by atoms with Gasteiger partial charge in [0.1, 0.15) is 5.75 Å². The molecule has 1 N–H and O–H groups in total. The van der Waals surface area contributed by atoms with Crippen molar-refractivity contribution in [3.05, 3.63) is 64.7 Å². The summed E-state index contributed by atoms with van der Waals surface area (Å²) >= 11 is 0. The number of nitrogens with one attached hydrogen (secondary N) is 1. The zero-order chi connectivity index (χ0) is 21.8. The van der Waals surface area contributed by atoms with Gasteiger partial charge in [-0.1, -0.05) is 30.3 Å². The summed E-state index contributed by atoms with van der Waals surface area (Å²) in [5.41, 5.74) is 1.82. The molecule has 1 unspecified atom stereocenters. The van der Waals surface area contributed by atoms with Crippen LogP contribution in [-0.2, 0) is 27.6 Å². The Kier molecular flexibility index (Phi) is 4.50. The lowest BCUT2D eigenvalue weighted by atomic mass is 9.74. The van der Waals surface area contributed by atoms with Gasteiger partial charge in [0.25, 0.3) is 0 Å². The number of hydrogen-bond acceptors (Lipinski definition) is 3. The smallest absolute Gasteiger partial charge is 0.416 e. The molecule has 1 aliphatic carbocycles. The van der Waals surface area contributed by atoms with Gasteiger partial charge in [0.2, 0.25) is 0 Å². The minimum Gasteiger partial charge on any atom is -0.492 e. The number of hydrogen-bond donors (Lipinski definition) is 1. The van der Waals surface area contributed by atoms with E-state index in [1.165, 1.54) is 16.5 Å². The van der Waals surface area contributed by atoms with Crippen LogP contribution in [0.1, 0.15) is 41.1 Å². The summed E-state index contributed by atoms with van der Waals surface area (Å²) in [6.07, 6.45) is -2.63. The third-order valence-corrected chi connectivity index (χ3v) is 6.75. The number of benzene rings is 2. The first-order valence-corrected chi connectivity index (χ1v) is 10.3. The molecule has 5 rings (SSSR count). The average Bonchev–Trinajstić information content (AvgIpc) is 3.09. The molecule has 162 valence electrons. The van der Waals surface area contributed by atoms with Crippen LogP contribution in [0.15, 0.2) is 42.5 Å². The number of nitrogens with zero attached hydrogens (tertiary/aromatic N) is 1. The lowest BCUT2D eigenvalue weighted by Gasteiger charge is -2.38. The van der Waals surface area contributed by atoms with E-state index in [1.807, 2.05) is 24.3 Å². The molecule has 3 aliphatic rings. The lowest BCUT2D eigenvalue weighted by molar-refractivity contribution is -0.147. The lowest BCUT2D eigenvalue weighted by Crippen LogP contribution is -2.51. The molecule has 0 bridgehead atoms. The molecule has 1 saturated heterocycles. The highest BCUT2D eigenvalue weighted by Crippen LogP contribution is 2.47. The Morgan fingerprint density at radius 3 is 2.55 bits per heavy atom. The fourth-order valence-corrected chi connectivity index (χ4v) is 4.85. The van der Waals surface area contributed by atoms with E-state index in [4.69, 9.17) is 4.74 Å². The zero-order valence-electron chi connectivity index (χ0n) is 16.7. The van der Waals surface area contributed by atoms with Gasteiger partial charge in [0.15, 0.2) is 0 Å². The van der Waals surface area contributed by atoms with Crippen molar-refractivity contribution in [2.75, 3.05) is 19.7 Å². The molecule has 5 nitrogen and oxygen atoms in total. The van der Waals surface area contributed by atoms with Crippen molar-refractivity contribution in [2.45, 2.75) is 36.9 Å². The molecule has 1 atom stereocenters. The first-order valence-electron chi connectivity index (χ1n) is 10.3. The molecule has 2 aliphatic heterocycles. The maximum absolute atomic E-state index is 13.0. The summed E-state index contributed by atoms with van der Waals surface area (Å²) in [6.45, 7) is 1.01. The molecule has 8 heteroatoms. The largest absolute Gasteiger partial charge is 0.492 e. The fourth-order valence-electron chi connectivity index (χ4n) is 4.85. The first kappa shape index (κ1) is 19.9. The maximum atomic E-state index is 13.0. The van der Waals surface area contributed by atoms with Crippen molar-refractivity contribution in [2.24, 2.45) is 0 Å². The Hall–Kier alpha value is -3.03. The summed E-state index contributed by atoms with van der Waals surface area (Å²) in [7, 11) is 0. The summed E-state index contributed by atoms with van der Waals surface area (Å²) in [4.78, 5) is 26.6. The fraction of sp³-hybridized carbons (Fsp3) is 0.391. The predicted octanol–water partition coefficient (Wildman–Crippen LogP) is 3.37. The van der Waals surface area contributed by atoms with E-state index in [2.05, 4.69) is 5.32 Å². The third kappa shape index (κ3) is 3.34. The summed E-state index contributed by atoms with van der Waals surface area (Å²) < 4.78 is 44.5. The Morgan fingerprint density at radius 2 is 1.84 bits per heavy atom. The molecular weight excluding hydrogens is 409 g/mol. The molecule has 31 heavy (non-hydrogen) atoms. The molecule has 2 heterocycles. The average molecular weight is 430 g/mol. The number of alkyl halides is 3. The van der Waals surface area contributed by atoms with Crippen LogP contribution < -0.4 is 10.1 Å². The second-order valence-electron chi connectivity index (χ2n) is 8.50. The Bertz CT molecular complexity index is 1060. The quantitative estimate of drug-likeness (QED) is 0.706. The summed E-state index contributed by atoms with van der Waals surface area (Å²) in [6, 6.07) is 11.3. The van der Waals surface area contributed by atoms with E-state index in [9.17, 15) is 22.8 Å². The van der Waals surface area contributed by atoms with E-state index in [1.54, 1.807) is 0 Å². The highest BCUT2D eigenvalue weighted by atomic mass is 19.4. The summed E-state index contributed by atoms with van der Waals surface area (Å²) in [5, 5.41) is 2.81. The van der Waals surface area contributed by atoms with Crippen molar-refractivity contribution in [1.29, 1.82) is 0 Å². The Balaban J connectivity index is 1.22. The zero-order valence-corrected chi connectivity index (χ0v) is 16.7. The number of carbonyl (C=O) groups excluding carboxylic acids is 2. The number of rotatable bonds is 1. The molecule has 0 radical (unpaired) electrons. The predicted molar refractivity (Wildman–Crippen MR) is 105 cm³/mol. The third-order valence-electron chi connectivity index (χ3n) is 6.75. The van der Waals surface area contributed by atoms with E-state index < -0.39 is 29.0 Å². The highest BCUT2D eigenvalue weighted by molar-refractivity contribution is 6.35. The molecule has 1 spiro atoms. The number of likely N-dealkylation sites (tertiary alicyclic amines) is 1. The van der Waals surface area contributed by atoms with Gasteiger partial charge in [-0.3, -0.25) is 9.59 Å². The second-order valence-corrected chi connectivity index (χ2v) is 8.50. The molecule has 0 saturated carbocycles. The van der Waals surface area contributed by atoms with Gasteiger partial charge in [-0.2, -0.15) is 13.2 Å². The molecule has 1 fully saturated rings. The van der Waals surface area contributed by atoms with Crippen LogP contribution in [0.4, 0.5) is 13.2 Å². The standard InChI is InChI=1S/C23H21F3N2O3/c24-23(25,26)15-5-6-17-19(12-15)31-13-22(17)7-9-28(10-8-22)21(30)20(29)27-18-11-14-3-1-2-4-16(14)18/h1-6,12,18H,7-11,13H2,(H,27,29). The van der Waals surface area contributed by atoms with Crippen LogP contribution in [0.3, 0.4) is 0 Å². The normalized spacial score (nSPS) is 21.0. The van der Waals surface area contributed by atoms with Crippen LogP contribution in [0, 0.1) is 0 Å². The van der Waals surface area contributed by atoms with Gasteiger partial charge in [-0.05, 0) is 42.5 Å². The highest BCUT2D eigenvalue weighted by Gasteiger charge is 2.45. The van der Waals surface area contributed by atoms with Gasteiger partial charge >= 0.3 is 18.0 Å². The number of fused-ring (bicyclic) bond motifs is 3. The van der Waals surface area contributed by atoms with E-state index in [0.29, 0.717) is 32.4 Å². The number of halogens is 3. The van der Waals surface area contributed by atoms with Gasteiger partial charge in [-0.15, -0.1) is 0 Å². The molecule has 0 aromatic heterocycles. The molecule has 2 amide bonds.